The fourth-order valence-corrected chi connectivity index (χ4v) is 5.67. The van der Waals surface area contributed by atoms with Crippen molar-refractivity contribution in [3.05, 3.63) is 88.0 Å². The number of aromatic hydroxyl groups is 1. The highest BCUT2D eigenvalue weighted by Crippen LogP contribution is 2.46. The minimum Gasteiger partial charge on any atom is -0.507 e. The molecule has 188 valence electrons. The topological polar surface area (TPSA) is 100.0 Å². The van der Waals surface area contributed by atoms with Crippen LogP contribution in [0.1, 0.15) is 40.8 Å². The van der Waals surface area contributed by atoms with E-state index in [0.717, 1.165) is 21.4 Å². The Morgan fingerprint density at radius 2 is 1.76 bits per heavy atom. The second-order valence-corrected chi connectivity index (χ2v) is 10.1. The monoisotopic (exact) mass is 514 g/mol. The molecule has 2 heterocycles. The van der Waals surface area contributed by atoms with Crippen LogP contribution in [0.5, 0.6) is 11.5 Å². The maximum atomic E-state index is 13.5. The SMILES string of the molecule is CCOc1cc(C2C(=C(O)c3cc(C)ccc3C)C(=O)C(=O)N2c2nc3ccc(C)cc3s2)ccc1O. The highest BCUT2D eigenvalue weighted by Gasteiger charge is 2.48. The lowest BCUT2D eigenvalue weighted by atomic mass is 9.93. The number of carbonyl (C=O) groups excluding carboxylic acids is 2. The van der Waals surface area contributed by atoms with Crippen LogP contribution >= 0.6 is 11.3 Å². The van der Waals surface area contributed by atoms with E-state index < -0.39 is 17.7 Å². The molecule has 1 atom stereocenters. The van der Waals surface area contributed by atoms with Crippen LogP contribution in [0.25, 0.3) is 16.0 Å². The molecule has 1 fully saturated rings. The smallest absolute Gasteiger partial charge is 0.301 e. The average molecular weight is 515 g/mol. The molecule has 1 aliphatic rings. The van der Waals surface area contributed by atoms with Gasteiger partial charge in [0, 0.05) is 5.56 Å². The Hall–Kier alpha value is -4.17. The molecular weight excluding hydrogens is 488 g/mol. The fourth-order valence-electron chi connectivity index (χ4n) is 4.58. The Labute approximate surface area is 218 Å². The third kappa shape index (κ3) is 4.23. The normalized spacial score (nSPS) is 17.1. The molecule has 4 aromatic rings. The number of aliphatic hydroxyl groups excluding tert-OH is 1. The summed E-state index contributed by atoms with van der Waals surface area (Å²) in [5.41, 5.74) is 4.38. The summed E-state index contributed by atoms with van der Waals surface area (Å²) in [5, 5.41) is 22.1. The number of benzene rings is 3. The largest absolute Gasteiger partial charge is 0.507 e. The van der Waals surface area contributed by atoms with Gasteiger partial charge in [0.25, 0.3) is 5.78 Å². The van der Waals surface area contributed by atoms with E-state index >= 15 is 0 Å². The number of carbonyl (C=O) groups is 2. The molecule has 0 aliphatic carbocycles. The molecule has 7 nitrogen and oxygen atoms in total. The molecule has 0 spiro atoms. The van der Waals surface area contributed by atoms with E-state index in [1.807, 2.05) is 51.1 Å². The Morgan fingerprint density at radius 3 is 2.51 bits per heavy atom. The van der Waals surface area contributed by atoms with Crippen molar-refractivity contribution in [3.8, 4) is 11.5 Å². The fraction of sp³-hybridized carbons (Fsp3) is 0.207. The van der Waals surface area contributed by atoms with Gasteiger partial charge in [0.2, 0.25) is 0 Å². The molecule has 1 unspecified atom stereocenters. The third-order valence-electron chi connectivity index (χ3n) is 6.43. The first-order chi connectivity index (χ1) is 17.7. The zero-order chi connectivity index (χ0) is 26.4. The standard InChI is InChI=1S/C29H26N2O5S/c1-5-36-22-14-18(9-11-21(22)32)25-24(26(33)19-12-15(2)6-8-17(19)4)27(34)28(35)31(25)29-30-20-10-7-16(3)13-23(20)37-29/h6-14,25,32-33H,5H2,1-4H3. The molecule has 5 rings (SSSR count). The van der Waals surface area contributed by atoms with E-state index in [2.05, 4.69) is 4.98 Å². The summed E-state index contributed by atoms with van der Waals surface area (Å²) in [6.45, 7) is 7.81. The minimum absolute atomic E-state index is 0.0396. The highest BCUT2D eigenvalue weighted by molar-refractivity contribution is 7.22. The number of nitrogens with zero attached hydrogens (tertiary/aromatic N) is 2. The molecule has 37 heavy (non-hydrogen) atoms. The number of rotatable bonds is 5. The summed E-state index contributed by atoms with van der Waals surface area (Å²) >= 11 is 1.30. The molecule has 1 saturated heterocycles. The number of aromatic nitrogens is 1. The predicted octanol–water partition coefficient (Wildman–Crippen LogP) is 5.95. The van der Waals surface area contributed by atoms with Gasteiger partial charge in [0.05, 0.1) is 28.4 Å². The first-order valence-corrected chi connectivity index (χ1v) is 12.7. The van der Waals surface area contributed by atoms with E-state index in [0.29, 0.717) is 28.4 Å². The van der Waals surface area contributed by atoms with Crippen molar-refractivity contribution >= 4 is 44.1 Å². The number of ether oxygens (including phenoxy) is 1. The second kappa shape index (κ2) is 9.37. The Balaban J connectivity index is 1.77. The maximum Gasteiger partial charge on any atom is 0.301 e. The average Bonchev–Trinajstić information content (AvgIpc) is 3.39. The first kappa shape index (κ1) is 24.5. The summed E-state index contributed by atoms with van der Waals surface area (Å²) in [7, 11) is 0. The summed E-state index contributed by atoms with van der Waals surface area (Å²) < 4.78 is 6.46. The lowest BCUT2D eigenvalue weighted by Gasteiger charge is -2.24. The van der Waals surface area contributed by atoms with Crippen LogP contribution in [0.15, 0.2) is 60.2 Å². The predicted molar refractivity (Wildman–Crippen MR) is 144 cm³/mol. The maximum absolute atomic E-state index is 13.5. The molecule has 1 amide bonds. The van der Waals surface area contributed by atoms with Crippen molar-refractivity contribution in [2.24, 2.45) is 0 Å². The van der Waals surface area contributed by atoms with Gasteiger partial charge < -0.3 is 14.9 Å². The number of hydrogen-bond acceptors (Lipinski definition) is 7. The molecular formula is C29H26N2O5S. The van der Waals surface area contributed by atoms with Crippen LogP contribution in [-0.4, -0.2) is 33.5 Å². The van der Waals surface area contributed by atoms with E-state index in [1.165, 1.54) is 22.3 Å². The number of anilines is 1. The van der Waals surface area contributed by atoms with Crippen LogP contribution in [0.4, 0.5) is 5.13 Å². The number of phenolic OH excluding ortho intramolecular Hbond substituents is 1. The molecule has 3 aromatic carbocycles. The number of aliphatic hydroxyl groups is 1. The van der Waals surface area contributed by atoms with Gasteiger partial charge in [-0.1, -0.05) is 41.2 Å². The van der Waals surface area contributed by atoms with E-state index in [4.69, 9.17) is 4.74 Å². The molecule has 1 aromatic heterocycles. The zero-order valence-electron chi connectivity index (χ0n) is 20.9. The van der Waals surface area contributed by atoms with Crippen molar-refractivity contribution in [1.82, 2.24) is 4.98 Å². The van der Waals surface area contributed by atoms with Crippen LogP contribution in [0.3, 0.4) is 0 Å². The summed E-state index contributed by atoms with van der Waals surface area (Å²) in [5.74, 6) is -1.68. The lowest BCUT2D eigenvalue weighted by Crippen LogP contribution is -2.29. The van der Waals surface area contributed by atoms with Crippen molar-refractivity contribution in [2.45, 2.75) is 33.7 Å². The quantitative estimate of drug-likeness (QED) is 0.194. The van der Waals surface area contributed by atoms with Gasteiger partial charge in [0.1, 0.15) is 5.76 Å². The van der Waals surface area contributed by atoms with Crippen LogP contribution in [0.2, 0.25) is 0 Å². The van der Waals surface area contributed by atoms with Gasteiger partial charge in [0.15, 0.2) is 16.6 Å². The summed E-state index contributed by atoms with van der Waals surface area (Å²) in [6.07, 6.45) is 0. The Kier molecular flexibility index (Phi) is 6.21. The van der Waals surface area contributed by atoms with Gasteiger partial charge in [-0.3, -0.25) is 14.5 Å². The van der Waals surface area contributed by atoms with E-state index in [-0.39, 0.29) is 22.8 Å². The summed E-state index contributed by atoms with van der Waals surface area (Å²) in [6, 6.07) is 15.1. The van der Waals surface area contributed by atoms with Gasteiger partial charge in [-0.05, 0) is 74.7 Å². The number of aryl methyl sites for hydroxylation is 3. The van der Waals surface area contributed by atoms with Gasteiger partial charge >= 0.3 is 5.91 Å². The van der Waals surface area contributed by atoms with E-state index in [9.17, 15) is 19.8 Å². The van der Waals surface area contributed by atoms with Gasteiger partial charge in [-0.25, -0.2) is 4.98 Å². The number of amides is 1. The van der Waals surface area contributed by atoms with Gasteiger partial charge in [-0.15, -0.1) is 0 Å². The zero-order valence-corrected chi connectivity index (χ0v) is 21.7. The van der Waals surface area contributed by atoms with Crippen LogP contribution in [0, 0.1) is 20.8 Å². The third-order valence-corrected chi connectivity index (χ3v) is 7.45. The Bertz CT molecular complexity index is 1600. The van der Waals surface area contributed by atoms with Crippen molar-refractivity contribution < 1.29 is 24.5 Å². The number of phenols is 1. The second-order valence-electron chi connectivity index (χ2n) is 9.12. The number of Topliss-reactive ketones (excluding diaryl/α,β-unsaturated/α-hetero) is 1. The molecule has 2 N–H and O–H groups in total. The van der Waals surface area contributed by atoms with Crippen molar-refractivity contribution in [3.63, 3.8) is 0 Å². The van der Waals surface area contributed by atoms with Crippen molar-refractivity contribution in [1.29, 1.82) is 0 Å². The molecule has 1 aliphatic heterocycles. The molecule has 0 radical (unpaired) electrons. The Morgan fingerprint density at radius 1 is 1.03 bits per heavy atom. The lowest BCUT2D eigenvalue weighted by molar-refractivity contribution is -0.132. The molecule has 0 bridgehead atoms. The van der Waals surface area contributed by atoms with Crippen LogP contribution < -0.4 is 9.64 Å². The number of hydrogen-bond donors (Lipinski definition) is 2. The summed E-state index contributed by atoms with van der Waals surface area (Å²) in [4.78, 5) is 33.0. The number of fused-ring (bicyclic) bond motifs is 1. The highest BCUT2D eigenvalue weighted by atomic mass is 32.1. The molecule has 8 heteroatoms. The van der Waals surface area contributed by atoms with Crippen LogP contribution in [-0.2, 0) is 9.59 Å². The van der Waals surface area contributed by atoms with E-state index in [1.54, 1.807) is 25.1 Å². The minimum atomic E-state index is -0.971. The van der Waals surface area contributed by atoms with Gasteiger partial charge in [-0.2, -0.15) is 0 Å². The number of ketones is 1. The van der Waals surface area contributed by atoms with Crippen molar-refractivity contribution in [2.75, 3.05) is 11.5 Å². The first-order valence-electron chi connectivity index (χ1n) is 11.9. The number of thiazole rings is 1. The molecule has 0 saturated carbocycles.